The van der Waals surface area contributed by atoms with Crippen LogP contribution in [0.2, 0.25) is 0 Å². The van der Waals surface area contributed by atoms with Crippen LogP contribution in [0.5, 0.6) is 0 Å². The molecule has 0 aliphatic heterocycles. The highest BCUT2D eigenvalue weighted by Crippen LogP contribution is 2.17. The Labute approximate surface area is 106 Å². The van der Waals surface area contributed by atoms with Crippen molar-refractivity contribution in [2.24, 2.45) is 0 Å². The van der Waals surface area contributed by atoms with Gasteiger partial charge in [0, 0.05) is 12.6 Å². The summed E-state index contributed by atoms with van der Waals surface area (Å²) in [6.45, 7) is 0.291. The molecule has 0 amide bonds. The molecule has 0 unspecified atom stereocenters. The maximum Gasteiger partial charge on any atom is 0.411 e. The van der Waals surface area contributed by atoms with Gasteiger partial charge in [-0.1, -0.05) is 0 Å². The largest absolute Gasteiger partial charge is 0.411 e. The monoisotopic (exact) mass is 279 g/mol. The molecule has 1 aromatic heterocycles. The molecule has 0 bridgehead atoms. The van der Waals surface area contributed by atoms with Gasteiger partial charge in [-0.25, -0.2) is 4.98 Å². The van der Waals surface area contributed by atoms with Crippen LogP contribution in [0.3, 0.4) is 0 Å². The van der Waals surface area contributed by atoms with Crippen LogP contribution in [0.25, 0.3) is 0 Å². The second-order valence-corrected chi connectivity index (χ2v) is 3.71. The fraction of sp³-hybridized carbons (Fsp3) is 0.500. The first-order chi connectivity index (χ1) is 8.79. The van der Waals surface area contributed by atoms with Gasteiger partial charge in [0.15, 0.2) is 0 Å². The predicted octanol–water partition coefficient (Wildman–Crippen LogP) is 2.29. The van der Waals surface area contributed by atoms with Gasteiger partial charge in [-0.3, -0.25) is 10.1 Å². The normalized spacial score (nSPS) is 11.4. The minimum atomic E-state index is -4.35. The Kier molecular flexibility index (Phi) is 5.04. The number of hydrogen-bond acceptors (Lipinski definition) is 5. The van der Waals surface area contributed by atoms with Crippen LogP contribution in [0.15, 0.2) is 12.3 Å². The summed E-state index contributed by atoms with van der Waals surface area (Å²) < 4.78 is 39.7. The molecule has 1 heterocycles. The molecule has 19 heavy (non-hydrogen) atoms. The fourth-order valence-corrected chi connectivity index (χ4v) is 1.27. The lowest BCUT2D eigenvalue weighted by atomic mass is 10.2. The summed E-state index contributed by atoms with van der Waals surface area (Å²) in [6.07, 6.45) is -3.27. The van der Waals surface area contributed by atoms with Gasteiger partial charge < -0.3 is 10.1 Å². The summed E-state index contributed by atoms with van der Waals surface area (Å²) in [6, 6.07) is 1.33. The van der Waals surface area contributed by atoms with Gasteiger partial charge in [0.2, 0.25) is 0 Å². The molecule has 0 atom stereocenters. The van der Waals surface area contributed by atoms with E-state index in [0.717, 1.165) is 6.20 Å². The van der Waals surface area contributed by atoms with Gasteiger partial charge in [-0.2, -0.15) is 13.2 Å². The van der Waals surface area contributed by atoms with Crippen LogP contribution < -0.4 is 5.32 Å². The number of alkyl halides is 3. The van der Waals surface area contributed by atoms with Crippen LogP contribution in [-0.4, -0.2) is 35.8 Å². The molecule has 1 aromatic rings. The second-order valence-electron chi connectivity index (χ2n) is 3.71. The lowest BCUT2D eigenvalue weighted by molar-refractivity contribution is -0.385. The van der Waals surface area contributed by atoms with Gasteiger partial charge in [-0.15, -0.1) is 0 Å². The first-order valence-electron chi connectivity index (χ1n) is 5.29. The van der Waals surface area contributed by atoms with Crippen molar-refractivity contribution in [1.29, 1.82) is 0 Å². The molecule has 0 saturated carbocycles. The summed E-state index contributed by atoms with van der Waals surface area (Å²) >= 11 is 0. The maximum atomic E-state index is 11.8. The number of anilines is 1. The summed E-state index contributed by atoms with van der Waals surface area (Å²) in [7, 11) is 0. The van der Waals surface area contributed by atoms with E-state index in [1.165, 1.54) is 6.07 Å². The van der Waals surface area contributed by atoms with Crippen LogP contribution in [0, 0.1) is 17.0 Å². The standard InChI is InChI=1S/C10H12F3N3O3/c1-7-4-8(16(17)18)5-15-9(7)14-2-3-19-6-10(11,12)13/h4-5H,2-3,6H2,1H3,(H,14,15). The van der Waals surface area contributed by atoms with Crippen LogP contribution in [-0.2, 0) is 4.74 Å². The molecule has 0 fully saturated rings. The van der Waals surface area contributed by atoms with Crippen LogP contribution in [0.4, 0.5) is 24.7 Å². The van der Waals surface area contributed by atoms with E-state index in [9.17, 15) is 23.3 Å². The highest BCUT2D eigenvalue weighted by Gasteiger charge is 2.27. The summed E-state index contributed by atoms with van der Waals surface area (Å²) in [5.74, 6) is 0.376. The third kappa shape index (κ3) is 5.51. The minimum absolute atomic E-state index is 0.127. The SMILES string of the molecule is Cc1cc([N+](=O)[O-])cnc1NCCOCC(F)(F)F. The first kappa shape index (κ1) is 15.2. The number of pyridine rings is 1. The van der Waals surface area contributed by atoms with E-state index in [2.05, 4.69) is 15.0 Å². The molecule has 0 aromatic carbocycles. The number of aromatic nitrogens is 1. The molecule has 1 N–H and O–H groups in total. The molecule has 6 nitrogen and oxygen atoms in total. The van der Waals surface area contributed by atoms with Gasteiger partial charge in [0.25, 0.3) is 5.69 Å². The number of nitrogens with zero attached hydrogens (tertiary/aromatic N) is 2. The van der Waals surface area contributed by atoms with Crippen LogP contribution >= 0.6 is 0 Å². The van der Waals surface area contributed by atoms with E-state index < -0.39 is 17.7 Å². The zero-order chi connectivity index (χ0) is 14.5. The Morgan fingerprint density at radius 3 is 2.74 bits per heavy atom. The average molecular weight is 279 g/mol. The third-order valence-electron chi connectivity index (χ3n) is 2.08. The van der Waals surface area contributed by atoms with Gasteiger partial charge in [-0.05, 0) is 12.5 Å². The minimum Gasteiger partial charge on any atom is -0.370 e. The molecule has 9 heteroatoms. The zero-order valence-electron chi connectivity index (χ0n) is 10.0. The second kappa shape index (κ2) is 6.32. The average Bonchev–Trinajstić information content (AvgIpc) is 2.28. The number of aryl methyl sites for hydroxylation is 1. The van der Waals surface area contributed by atoms with Crippen molar-refractivity contribution in [3.8, 4) is 0 Å². The van der Waals surface area contributed by atoms with Crippen molar-refractivity contribution in [2.45, 2.75) is 13.1 Å². The zero-order valence-corrected chi connectivity index (χ0v) is 10.0. The van der Waals surface area contributed by atoms with Gasteiger partial charge >= 0.3 is 6.18 Å². The number of halogens is 3. The third-order valence-corrected chi connectivity index (χ3v) is 2.08. The summed E-state index contributed by atoms with van der Waals surface area (Å²) in [5, 5.41) is 13.2. The van der Waals surface area contributed by atoms with Crippen molar-refractivity contribution >= 4 is 11.5 Å². The molecule has 0 spiro atoms. The molecule has 0 radical (unpaired) electrons. The molecular formula is C10H12F3N3O3. The summed E-state index contributed by atoms with van der Waals surface area (Å²) in [5.41, 5.74) is 0.390. The number of nitrogens with one attached hydrogen (secondary N) is 1. The predicted molar refractivity (Wildman–Crippen MR) is 61.0 cm³/mol. The number of hydrogen-bond donors (Lipinski definition) is 1. The molecular weight excluding hydrogens is 267 g/mol. The summed E-state index contributed by atoms with van der Waals surface area (Å²) in [4.78, 5) is 13.7. The van der Waals surface area contributed by atoms with Crippen molar-refractivity contribution in [3.05, 3.63) is 27.9 Å². The Morgan fingerprint density at radius 2 is 2.21 bits per heavy atom. The Bertz CT molecular complexity index is 451. The quantitative estimate of drug-likeness (QED) is 0.491. The lowest BCUT2D eigenvalue weighted by Crippen LogP contribution is -2.20. The molecule has 1 rings (SSSR count). The fourth-order valence-electron chi connectivity index (χ4n) is 1.27. The molecule has 106 valence electrons. The Hall–Kier alpha value is -1.90. The smallest absolute Gasteiger partial charge is 0.370 e. The van der Waals surface area contributed by atoms with Crippen molar-refractivity contribution < 1.29 is 22.8 Å². The van der Waals surface area contributed by atoms with E-state index in [0.29, 0.717) is 11.4 Å². The Balaban J connectivity index is 2.40. The van der Waals surface area contributed by atoms with Crippen molar-refractivity contribution in [1.82, 2.24) is 4.98 Å². The van der Waals surface area contributed by atoms with Crippen LogP contribution in [0.1, 0.15) is 5.56 Å². The maximum absolute atomic E-state index is 11.8. The number of ether oxygens (including phenoxy) is 1. The van der Waals surface area contributed by atoms with Gasteiger partial charge in [0.05, 0.1) is 11.5 Å². The molecule has 0 aliphatic carbocycles. The van der Waals surface area contributed by atoms with E-state index in [4.69, 9.17) is 0 Å². The number of nitro groups is 1. The van der Waals surface area contributed by atoms with Crippen molar-refractivity contribution in [3.63, 3.8) is 0 Å². The molecule has 0 aliphatic rings. The Morgan fingerprint density at radius 1 is 1.53 bits per heavy atom. The van der Waals surface area contributed by atoms with E-state index in [-0.39, 0.29) is 18.8 Å². The highest BCUT2D eigenvalue weighted by atomic mass is 19.4. The van der Waals surface area contributed by atoms with E-state index in [1.54, 1.807) is 6.92 Å². The van der Waals surface area contributed by atoms with E-state index in [1.807, 2.05) is 0 Å². The topological polar surface area (TPSA) is 77.3 Å². The van der Waals surface area contributed by atoms with E-state index >= 15 is 0 Å². The lowest BCUT2D eigenvalue weighted by Gasteiger charge is -2.10. The number of rotatable bonds is 6. The van der Waals surface area contributed by atoms with Gasteiger partial charge in [0.1, 0.15) is 18.6 Å². The molecule has 0 saturated heterocycles. The highest BCUT2D eigenvalue weighted by molar-refractivity contribution is 5.48. The first-order valence-corrected chi connectivity index (χ1v) is 5.29. The van der Waals surface area contributed by atoms with Crippen molar-refractivity contribution in [2.75, 3.05) is 25.1 Å².